The molecule has 0 aliphatic carbocycles. The number of piperazine rings is 1. The lowest BCUT2D eigenvalue weighted by atomic mass is 10.2. The first kappa shape index (κ1) is 15.3. The Balaban J connectivity index is 0.000000194. The van der Waals surface area contributed by atoms with Crippen molar-refractivity contribution in [2.45, 2.75) is 0 Å². The molecule has 0 spiro atoms. The molecular formula is C15H20N2O4. The van der Waals surface area contributed by atoms with Crippen LogP contribution in [0.4, 0.5) is 0 Å². The minimum atomic E-state index is -0.970. The van der Waals surface area contributed by atoms with Gasteiger partial charge in [0.05, 0.1) is 0 Å². The Kier molecular flexibility index (Phi) is 5.59. The summed E-state index contributed by atoms with van der Waals surface area (Å²) in [5.74, 6) is 0.373. The minimum Gasteiger partial charge on any atom is -0.478 e. The van der Waals surface area contributed by atoms with Crippen LogP contribution < -0.4 is 14.8 Å². The quantitative estimate of drug-likeness (QED) is 0.794. The lowest BCUT2D eigenvalue weighted by Gasteiger charge is -2.21. The summed E-state index contributed by atoms with van der Waals surface area (Å²) in [6.45, 7) is 4.97. The highest BCUT2D eigenvalue weighted by Crippen LogP contribution is 2.32. The number of aliphatic carboxylic acids is 1. The molecule has 6 heteroatoms. The fourth-order valence-corrected chi connectivity index (χ4v) is 1.96. The number of rotatable bonds is 2. The minimum absolute atomic E-state index is 0.224. The lowest BCUT2D eigenvalue weighted by Crippen LogP contribution is -2.40. The van der Waals surface area contributed by atoms with Crippen LogP contribution in [-0.4, -0.2) is 56.0 Å². The van der Waals surface area contributed by atoms with Crippen molar-refractivity contribution in [3.63, 3.8) is 0 Å². The van der Waals surface area contributed by atoms with E-state index in [1.807, 2.05) is 0 Å². The van der Waals surface area contributed by atoms with E-state index in [1.54, 1.807) is 18.2 Å². The van der Waals surface area contributed by atoms with Crippen LogP contribution in [0.1, 0.15) is 5.56 Å². The van der Waals surface area contributed by atoms with E-state index in [0.717, 1.165) is 24.7 Å². The van der Waals surface area contributed by atoms with Gasteiger partial charge in [0.2, 0.25) is 6.79 Å². The molecule has 1 aromatic rings. The average Bonchev–Trinajstić information content (AvgIpc) is 2.94. The average molecular weight is 292 g/mol. The van der Waals surface area contributed by atoms with E-state index in [1.165, 1.54) is 19.2 Å². The van der Waals surface area contributed by atoms with Gasteiger partial charge >= 0.3 is 5.97 Å². The van der Waals surface area contributed by atoms with Crippen molar-refractivity contribution in [3.8, 4) is 11.5 Å². The maximum atomic E-state index is 10.3. The van der Waals surface area contributed by atoms with Gasteiger partial charge in [-0.15, -0.1) is 0 Å². The van der Waals surface area contributed by atoms with Gasteiger partial charge in [0, 0.05) is 32.3 Å². The SMILES string of the molecule is CN1CCNCC1.O=C(O)/C=C/c1ccc2c(c1)OCO2. The number of benzene rings is 1. The zero-order valence-electron chi connectivity index (χ0n) is 12.0. The number of nitrogens with zero attached hydrogens (tertiary/aromatic N) is 1. The van der Waals surface area contributed by atoms with Gasteiger partial charge in [-0.25, -0.2) is 4.79 Å². The molecule has 6 nitrogen and oxygen atoms in total. The van der Waals surface area contributed by atoms with Crippen molar-refractivity contribution in [2.24, 2.45) is 0 Å². The third kappa shape index (κ3) is 5.09. The maximum Gasteiger partial charge on any atom is 0.328 e. The number of carboxylic acids is 1. The summed E-state index contributed by atoms with van der Waals surface area (Å²) in [7, 11) is 2.15. The first-order chi connectivity index (χ1) is 10.1. The van der Waals surface area contributed by atoms with Crippen LogP contribution in [0.25, 0.3) is 6.08 Å². The molecule has 1 fully saturated rings. The highest BCUT2D eigenvalue weighted by molar-refractivity contribution is 5.85. The van der Waals surface area contributed by atoms with Crippen molar-refractivity contribution >= 4 is 12.0 Å². The fraction of sp³-hybridized carbons (Fsp3) is 0.400. The van der Waals surface area contributed by atoms with E-state index >= 15 is 0 Å². The predicted molar refractivity (Wildman–Crippen MR) is 79.6 cm³/mol. The maximum absolute atomic E-state index is 10.3. The number of fused-ring (bicyclic) bond motifs is 1. The molecule has 2 aliphatic rings. The van der Waals surface area contributed by atoms with E-state index in [9.17, 15) is 4.79 Å². The topological polar surface area (TPSA) is 71.0 Å². The molecule has 0 unspecified atom stereocenters. The molecular weight excluding hydrogens is 272 g/mol. The van der Waals surface area contributed by atoms with Gasteiger partial charge in [-0.2, -0.15) is 0 Å². The van der Waals surface area contributed by atoms with Crippen LogP contribution in [0.2, 0.25) is 0 Å². The first-order valence-electron chi connectivity index (χ1n) is 6.85. The summed E-state index contributed by atoms with van der Waals surface area (Å²) in [5, 5.41) is 11.7. The van der Waals surface area contributed by atoms with E-state index in [2.05, 4.69) is 17.3 Å². The van der Waals surface area contributed by atoms with Crippen LogP contribution in [0.15, 0.2) is 24.3 Å². The van der Waals surface area contributed by atoms with Crippen molar-refractivity contribution in [1.82, 2.24) is 10.2 Å². The summed E-state index contributed by atoms with van der Waals surface area (Å²) in [6, 6.07) is 5.26. The fourth-order valence-electron chi connectivity index (χ4n) is 1.96. The second-order valence-electron chi connectivity index (χ2n) is 4.84. The molecule has 3 rings (SSSR count). The molecule has 0 radical (unpaired) electrons. The lowest BCUT2D eigenvalue weighted by molar-refractivity contribution is -0.131. The molecule has 0 atom stereocenters. The smallest absolute Gasteiger partial charge is 0.328 e. The number of ether oxygens (including phenoxy) is 2. The number of nitrogens with one attached hydrogen (secondary N) is 1. The summed E-state index contributed by atoms with van der Waals surface area (Å²) >= 11 is 0. The van der Waals surface area contributed by atoms with Gasteiger partial charge in [-0.1, -0.05) is 6.07 Å². The van der Waals surface area contributed by atoms with E-state index in [-0.39, 0.29) is 6.79 Å². The molecule has 114 valence electrons. The third-order valence-corrected chi connectivity index (χ3v) is 3.16. The highest BCUT2D eigenvalue weighted by atomic mass is 16.7. The Labute approximate surface area is 124 Å². The zero-order valence-corrected chi connectivity index (χ0v) is 12.0. The molecule has 2 heterocycles. The monoisotopic (exact) mass is 292 g/mol. The Morgan fingerprint density at radius 1 is 1.29 bits per heavy atom. The molecule has 0 bridgehead atoms. The normalized spacial score (nSPS) is 17.4. The Bertz CT molecular complexity index is 510. The van der Waals surface area contributed by atoms with Gasteiger partial charge < -0.3 is 24.8 Å². The number of hydrogen-bond acceptors (Lipinski definition) is 5. The zero-order chi connectivity index (χ0) is 15.1. The van der Waals surface area contributed by atoms with Gasteiger partial charge in [-0.3, -0.25) is 0 Å². The summed E-state index contributed by atoms with van der Waals surface area (Å²) in [5.41, 5.74) is 0.775. The van der Waals surface area contributed by atoms with Crippen LogP contribution in [0.3, 0.4) is 0 Å². The number of likely N-dealkylation sites (N-methyl/N-ethyl adjacent to an activating group) is 1. The predicted octanol–water partition coefficient (Wildman–Crippen LogP) is 1.03. The number of carbonyl (C=O) groups is 1. The Morgan fingerprint density at radius 2 is 2.00 bits per heavy atom. The summed E-state index contributed by atoms with van der Waals surface area (Å²) in [4.78, 5) is 12.6. The van der Waals surface area contributed by atoms with Crippen molar-refractivity contribution < 1.29 is 19.4 Å². The number of hydrogen-bond donors (Lipinski definition) is 2. The van der Waals surface area contributed by atoms with Crippen LogP contribution in [-0.2, 0) is 4.79 Å². The van der Waals surface area contributed by atoms with Gasteiger partial charge in [-0.05, 0) is 30.8 Å². The summed E-state index contributed by atoms with van der Waals surface area (Å²) < 4.78 is 10.3. The molecule has 0 aromatic heterocycles. The Hall–Kier alpha value is -2.05. The number of carboxylic acid groups (broad SMARTS) is 1. The van der Waals surface area contributed by atoms with Crippen LogP contribution >= 0.6 is 0 Å². The van der Waals surface area contributed by atoms with Crippen molar-refractivity contribution in [2.75, 3.05) is 40.0 Å². The van der Waals surface area contributed by atoms with E-state index in [4.69, 9.17) is 14.6 Å². The third-order valence-electron chi connectivity index (χ3n) is 3.16. The van der Waals surface area contributed by atoms with Crippen molar-refractivity contribution in [1.29, 1.82) is 0 Å². The largest absolute Gasteiger partial charge is 0.478 e. The van der Waals surface area contributed by atoms with E-state index < -0.39 is 5.97 Å². The molecule has 1 aromatic carbocycles. The molecule has 1 saturated heterocycles. The summed E-state index contributed by atoms with van der Waals surface area (Å²) in [6.07, 6.45) is 2.59. The second kappa shape index (κ2) is 7.66. The molecule has 0 amide bonds. The molecule has 2 aliphatic heterocycles. The second-order valence-corrected chi connectivity index (χ2v) is 4.84. The standard InChI is InChI=1S/C10H8O4.C5H12N2/c11-10(12)4-2-7-1-3-8-9(5-7)14-6-13-8;1-7-4-2-6-3-5-7/h1-5H,6H2,(H,11,12);6H,2-5H2,1H3/b4-2+;. The van der Waals surface area contributed by atoms with E-state index in [0.29, 0.717) is 11.5 Å². The molecule has 21 heavy (non-hydrogen) atoms. The molecule has 2 N–H and O–H groups in total. The highest BCUT2D eigenvalue weighted by Gasteiger charge is 2.12. The van der Waals surface area contributed by atoms with Gasteiger partial charge in [0.15, 0.2) is 11.5 Å². The van der Waals surface area contributed by atoms with Gasteiger partial charge in [0.25, 0.3) is 0 Å². The first-order valence-corrected chi connectivity index (χ1v) is 6.85. The van der Waals surface area contributed by atoms with Gasteiger partial charge in [0.1, 0.15) is 0 Å². The van der Waals surface area contributed by atoms with Crippen LogP contribution in [0.5, 0.6) is 11.5 Å². The van der Waals surface area contributed by atoms with Crippen LogP contribution in [0, 0.1) is 0 Å². The molecule has 0 saturated carbocycles. The Morgan fingerprint density at radius 3 is 2.62 bits per heavy atom. The van der Waals surface area contributed by atoms with Crippen molar-refractivity contribution in [3.05, 3.63) is 29.8 Å².